The number of rotatable bonds is 2. The quantitative estimate of drug-likeness (QED) is 0.801. The van der Waals surface area contributed by atoms with E-state index in [1.807, 2.05) is 19.1 Å². The van der Waals surface area contributed by atoms with Gasteiger partial charge in [0.1, 0.15) is 5.75 Å². The first-order valence-electron chi connectivity index (χ1n) is 5.31. The predicted octanol–water partition coefficient (Wildman–Crippen LogP) is 0.787. The van der Waals surface area contributed by atoms with Gasteiger partial charge in [-0.3, -0.25) is 4.79 Å². The minimum Gasteiger partial charge on any atom is -0.496 e. The fourth-order valence-corrected chi connectivity index (χ4v) is 1.81. The van der Waals surface area contributed by atoms with E-state index in [1.165, 1.54) is 0 Å². The second-order valence-electron chi connectivity index (χ2n) is 4.15. The monoisotopic (exact) mass is 220 g/mol. The van der Waals surface area contributed by atoms with Crippen molar-refractivity contribution in [3.8, 4) is 5.75 Å². The maximum absolute atomic E-state index is 12.0. The average molecular weight is 220 g/mol. The number of hydrogen-bond acceptors (Lipinski definition) is 3. The van der Waals surface area contributed by atoms with Gasteiger partial charge in [0.25, 0.3) is 5.91 Å². The third kappa shape index (κ3) is 1.88. The zero-order valence-corrected chi connectivity index (χ0v) is 9.56. The summed E-state index contributed by atoms with van der Waals surface area (Å²) in [5, 5.41) is 0. The number of hydrogen-bond donors (Lipinski definition) is 1. The van der Waals surface area contributed by atoms with E-state index in [-0.39, 0.29) is 11.9 Å². The highest BCUT2D eigenvalue weighted by Gasteiger charge is 2.28. The molecule has 86 valence electrons. The Morgan fingerprint density at radius 1 is 1.50 bits per heavy atom. The van der Waals surface area contributed by atoms with Gasteiger partial charge in [0.05, 0.1) is 7.11 Å². The lowest BCUT2D eigenvalue weighted by atomic mass is 10.1. The number of ether oxygens (including phenoxy) is 1. The molecule has 4 heteroatoms. The maximum atomic E-state index is 12.0. The molecule has 1 aliphatic heterocycles. The van der Waals surface area contributed by atoms with Crippen LogP contribution in [0.1, 0.15) is 15.9 Å². The molecule has 0 saturated carbocycles. The number of amides is 1. The molecule has 0 radical (unpaired) electrons. The van der Waals surface area contributed by atoms with Gasteiger partial charge >= 0.3 is 0 Å². The zero-order chi connectivity index (χ0) is 11.7. The Bertz CT molecular complexity index is 411. The summed E-state index contributed by atoms with van der Waals surface area (Å²) >= 11 is 0. The van der Waals surface area contributed by atoms with Gasteiger partial charge in [-0.15, -0.1) is 0 Å². The van der Waals surface area contributed by atoms with E-state index in [4.69, 9.17) is 10.5 Å². The van der Waals surface area contributed by atoms with Gasteiger partial charge in [0, 0.05) is 24.7 Å². The summed E-state index contributed by atoms with van der Waals surface area (Å²) in [4.78, 5) is 13.7. The summed E-state index contributed by atoms with van der Waals surface area (Å²) in [6.45, 7) is 3.25. The van der Waals surface area contributed by atoms with Crippen molar-refractivity contribution in [1.29, 1.82) is 0 Å². The standard InChI is InChI=1S/C12H16N2O2/c1-8-3-4-9(5-11(8)16-2)12(15)14-6-10(13)7-14/h3-5,10H,6-7,13H2,1-2H3. The minimum atomic E-state index is 0.0278. The van der Waals surface area contributed by atoms with Crippen LogP contribution in [0.25, 0.3) is 0 Å². The van der Waals surface area contributed by atoms with Crippen molar-refractivity contribution >= 4 is 5.91 Å². The highest BCUT2D eigenvalue weighted by Crippen LogP contribution is 2.21. The van der Waals surface area contributed by atoms with Crippen LogP contribution < -0.4 is 10.5 Å². The fourth-order valence-electron chi connectivity index (χ4n) is 1.81. The first-order chi connectivity index (χ1) is 7.61. The number of benzene rings is 1. The lowest BCUT2D eigenvalue weighted by molar-refractivity contribution is 0.0608. The van der Waals surface area contributed by atoms with Crippen LogP contribution in [-0.4, -0.2) is 37.0 Å². The highest BCUT2D eigenvalue weighted by atomic mass is 16.5. The highest BCUT2D eigenvalue weighted by molar-refractivity contribution is 5.95. The molecule has 1 aromatic rings. The Morgan fingerprint density at radius 3 is 2.75 bits per heavy atom. The molecule has 1 aliphatic rings. The lowest BCUT2D eigenvalue weighted by Gasteiger charge is -2.36. The first-order valence-corrected chi connectivity index (χ1v) is 5.31. The second kappa shape index (κ2) is 4.14. The van der Waals surface area contributed by atoms with Gasteiger partial charge in [0.2, 0.25) is 0 Å². The summed E-state index contributed by atoms with van der Waals surface area (Å²) in [5.74, 6) is 0.774. The molecule has 1 heterocycles. The Labute approximate surface area is 95.0 Å². The van der Waals surface area contributed by atoms with Crippen LogP contribution in [0.5, 0.6) is 5.75 Å². The topological polar surface area (TPSA) is 55.6 Å². The molecule has 1 amide bonds. The molecule has 0 bridgehead atoms. The van der Waals surface area contributed by atoms with Crippen molar-refractivity contribution in [3.63, 3.8) is 0 Å². The van der Waals surface area contributed by atoms with Gasteiger partial charge in [0.15, 0.2) is 0 Å². The van der Waals surface area contributed by atoms with Crippen LogP contribution in [0.15, 0.2) is 18.2 Å². The van der Waals surface area contributed by atoms with Crippen LogP contribution in [0.3, 0.4) is 0 Å². The number of likely N-dealkylation sites (tertiary alicyclic amines) is 1. The Kier molecular flexibility index (Phi) is 2.83. The number of carbonyl (C=O) groups excluding carboxylic acids is 1. The van der Waals surface area contributed by atoms with Gasteiger partial charge in [-0.25, -0.2) is 0 Å². The molecule has 1 fully saturated rings. The smallest absolute Gasteiger partial charge is 0.254 e. The van der Waals surface area contributed by atoms with Crippen molar-refractivity contribution in [2.24, 2.45) is 5.73 Å². The van der Waals surface area contributed by atoms with E-state index in [0.717, 1.165) is 11.3 Å². The van der Waals surface area contributed by atoms with E-state index in [2.05, 4.69) is 0 Å². The molecule has 1 aromatic carbocycles. The largest absolute Gasteiger partial charge is 0.496 e. The molecule has 0 aliphatic carbocycles. The molecule has 4 nitrogen and oxygen atoms in total. The molecule has 2 N–H and O–H groups in total. The zero-order valence-electron chi connectivity index (χ0n) is 9.56. The summed E-state index contributed by atoms with van der Waals surface area (Å²) in [7, 11) is 1.61. The van der Waals surface area contributed by atoms with Gasteiger partial charge in [-0.1, -0.05) is 6.07 Å². The van der Waals surface area contributed by atoms with Crippen molar-refractivity contribution in [2.75, 3.05) is 20.2 Å². The number of aryl methyl sites for hydroxylation is 1. The third-order valence-electron chi connectivity index (χ3n) is 2.85. The van der Waals surface area contributed by atoms with Gasteiger partial charge in [-0.05, 0) is 24.6 Å². The van der Waals surface area contributed by atoms with E-state index >= 15 is 0 Å². The maximum Gasteiger partial charge on any atom is 0.254 e. The fraction of sp³-hybridized carbons (Fsp3) is 0.417. The molecule has 0 spiro atoms. The van der Waals surface area contributed by atoms with Gasteiger partial charge < -0.3 is 15.4 Å². The molecular formula is C12H16N2O2. The van der Waals surface area contributed by atoms with E-state index in [9.17, 15) is 4.79 Å². The molecule has 0 aromatic heterocycles. The Morgan fingerprint density at radius 2 is 2.19 bits per heavy atom. The van der Waals surface area contributed by atoms with Crippen molar-refractivity contribution in [3.05, 3.63) is 29.3 Å². The lowest BCUT2D eigenvalue weighted by Crippen LogP contribution is -2.57. The Hall–Kier alpha value is -1.55. The van der Waals surface area contributed by atoms with Crippen LogP contribution in [0.4, 0.5) is 0 Å². The second-order valence-corrected chi connectivity index (χ2v) is 4.15. The number of carbonyl (C=O) groups is 1. The van der Waals surface area contributed by atoms with Crippen LogP contribution >= 0.6 is 0 Å². The molecule has 0 atom stereocenters. The summed E-state index contributed by atoms with van der Waals surface area (Å²) in [6, 6.07) is 5.63. The van der Waals surface area contributed by atoms with E-state index < -0.39 is 0 Å². The third-order valence-corrected chi connectivity index (χ3v) is 2.85. The summed E-state index contributed by atoms with van der Waals surface area (Å²) in [6.07, 6.45) is 0. The number of methoxy groups -OCH3 is 1. The van der Waals surface area contributed by atoms with Crippen molar-refractivity contribution in [1.82, 2.24) is 4.90 Å². The van der Waals surface area contributed by atoms with E-state index in [0.29, 0.717) is 18.7 Å². The molecule has 1 saturated heterocycles. The number of nitrogens with zero attached hydrogens (tertiary/aromatic N) is 1. The summed E-state index contributed by atoms with van der Waals surface area (Å²) < 4.78 is 5.19. The van der Waals surface area contributed by atoms with E-state index in [1.54, 1.807) is 18.1 Å². The van der Waals surface area contributed by atoms with Crippen LogP contribution in [0.2, 0.25) is 0 Å². The Balaban J connectivity index is 2.17. The molecular weight excluding hydrogens is 204 g/mol. The molecule has 2 rings (SSSR count). The number of nitrogens with two attached hydrogens (primary N) is 1. The van der Waals surface area contributed by atoms with Crippen LogP contribution in [-0.2, 0) is 0 Å². The average Bonchev–Trinajstić information content (AvgIpc) is 2.24. The predicted molar refractivity (Wildman–Crippen MR) is 61.6 cm³/mol. The first kappa shape index (κ1) is 11.0. The van der Waals surface area contributed by atoms with Crippen molar-refractivity contribution in [2.45, 2.75) is 13.0 Å². The minimum absolute atomic E-state index is 0.0278. The van der Waals surface area contributed by atoms with Gasteiger partial charge in [-0.2, -0.15) is 0 Å². The summed E-state index contributed by atoms with van der Waals surface area (Å²) in [5.41, 5.74) is 7.33. The molecule has 16 heavy (non-hydrogen) atoms. The van der Waals surface area contributed by atoms with Crippen LogP contribution in [0, 0.1) is 6.92 Å². The normalized spacial score (nSPS) is 15.8. The SMILES string of the molecule is COc1cc(C(=O)N2CC(N)C2)ccc1C. The molecule has 0 unspecified atom stereocenters. The van der Waals surface area contributed by atoms with Crippen molar-refractivity contribution < 1.29 is 9.53 Å².